The quantitative estimate of drug-likeness (QED) is 0.845. The summed E-state index contributed by atoms with van der Waals surface area (Å²) in [5.41, 5.74) is 0.327. The number of hydrogen-bond donors (Lipinski definition) is 2. The second kappa shape index (κ2) is 4.40. The van der Waals surface area contributed by atoms with Gasteiger partial charge in [0.25, 0.3) is 0 Å². The number of phenolic OH excluding ortho intramolecular Hbond substituents is 1. The van der Waals surface area contributed by atoms with Crippen LogP contribution in [0.1, 0.15) is 25.5 Å². The highest BCUT2D eigenvalue weighted by Crippen LogP contribution is 2.41. The summed E-state index contributed by atoms with van der Waals surface area (Å²) in [5.74, 6) is 0.774. The van der Waals surface area contributed by atoms with Crippen molar-refractivity contribution >= 4 is 6.09 Å². The van der Waals surface area contributed by atoms with Gasteiger partial charge in [0, 0.05) is 11.0 Å². The molecule has 0 bridgehead atoms. The number of ether oxygens (including phenoxy) is 2. The van der Waals surface area contributed by atoms with Crippen molar-refractivity contribution in [1.82, 2.24) is 5.32 Å². The third-order valence-corrected chi connectivity index (χ3v) is 3.16. The molecule has 0 aromatic heterocycles. The molecule has 98 valence electrons. The van der Waals surface area contributed by atoms with E-state index in [-0.39, 0.29) is 17.2 Å². The number of carbonyl (C=O) groups is 1. The fraction of sp³-hybridized carbons (Fsp3) is 0.462. The van der Waals surface area contributed by atoms with Gasteiger partial charge in [-0.1, -0.05) is 13.8 Å². The molecule has 1 heterocycles. The SMILES string of the molecule is COc1ccc(O)c([C@@H]2NC(=O)OCC2(C)C)c1. The monoisotopic (exact) mass is 251 g/mol. The van der Waals surface area contributed by atoms with Gasteiger partial charge in [0.15, 0.2) is 0 Å². The van der Waals surface area contributed by atoms with E-state index in [9.17, 15) is 9.90 Å². The summed E-state index contributed by atoms with van der Waals surface area (Å²) >= 11 is 0. The lowest BCUT2D eigenvalue weighted by Crippen LogP contribution is -2.46. The maximum atomic E-state index is 11.4. The molecule has 0 unspecified atom stereocenters. The van der Waals surface area contributed by atoms with E-state index in [1.807, 2.05) is 13.8 Å². The molecule has 0 spiro atoms. The Labute approximate surface area is 106 Å². The standard InChI is InChI=1S/C13H17NO4/c1-13(2)7-18-12(16)14-11(13)9-6-8(17-3)4-5-10(9)15/h4-6,11,15H,7H2,1-3H3,(H,14,16)/t11-/m0/s1. The van der Waals surface area contributed by atoms with E-state index in [0.717, 1.165) is 0 Å². The molecule has 0 saturated carbocycles. The molecule has 1 aliphatic rings. The van der Waals surface area contributed by atoms with Crippen LogP contribution < -0.4 is 10.1 Å². The molecule has 1 aliphatic heterocycles. The minimum absolute atomic E-state index is 0.135. The maximum absolute atomic E-state index is 11.4. The maximum Gasteiger partial charge on any atom is 0.407 e. The Hall–Kier alpha value is -1.91. The van der Waals surface area contributed by atoms with Crippen molar-refractivity contribution in [3.05, 3.63) is 23.8 Å². The van der Waals surface area contributed by atoms with Crippen molar-refractivity contribution in [3.63, 3.8) is 0 Å². The second-order valence-corrected chi connectivity index (χ2v) is 5.07. The first-order valence-electron chi connectivity index (χ1n) is 5.74. The summed E-state index contributed by atoms with van der Waals surface area (Å²) < 4.78 is 10.1. The summed E-state index contributed by atoms with van der Waals surface area (Å²) in [6.45, 7) is 4.24. The lowest BCUT2D eigenvalue weighted by Gasteiger charge is -2.38. The van der Waals surface area contributed by atoms with Crippen molar-refractivity contribution in [2.45, 2.75) is 19.9 Å². The van der Waals surface area contributed by atoms with E-state index in [1.54, 1.807) is 25.3 Å². The molecular formula is C13H17NO4. The number of cyclic esters (lactones) is 1. The number of carbonyl (C=O) groups excluding carboxylic acids is 1. The number of aromatic hydroxyl groups is 1. The number of amides is 1. The molecule has 2 N–H and O–H groups in total. The van der Waals surface area contributed by atoms with E-state index in [0.29, 0.717) is 17.9 Å². The Kier molecular flexibility index (Phi) is 3.07. The lowest BCUT2D eigenvalue weighted by molar-refractivity contribution is 0.0380. The molecule has 5 nitrogen and oxygen atoms in total. The number of rotatable bonds is 2. The average molecular weight is 251 g/mol. The predicted molar refractivity (Wildman–Crippen MR) is 65.7 cm³/mol. The zero-order chi connectivity index (χ0) is 13.3. The van der Waals surface area contributed by atoms with E-state index in [4.69, 9.17) is 9.47 Å². The molecule has 18 heavy (non-hydrogen) atoms. The van der Waals surface area contributed by atoms with Crippen molar-refractivity contribution in [3.8, 4) is 11.5 Å². The van der Waals surface area contributed by atoms with Crippen molar-refractivity contribution in [2.75, 3.05) is 13.7 Å². The van der Waals surface area contributed by atoms with Gasteiger partial charge in [0.2, 0.25) is 0 Å². The van der Waals surface area contributed by atoms with Crippen molar-refractivity contribution in [2.24, 2.45) is 5.41 Å². The molecule has 5 heteroatoms. The predicted octanol–water partition coefficient (Wildman–Crippen LogP) is 2.21. The van der Waals surface area contributed by atoms with Gasteiger partial charge in [-0.15, -0.1) is 0 Å². The largest absolute Gasteiger partial charge is 0.508 e. The summed E-state index contributed by atoms with van der Waals surface area (Å²) in [5, 5.41) is 12.7. The first kappa shape index (κ1) is 12.5. The van der Waals surface area contributed by atoms with Gasteiger partial charge in [0.05, 0.1) is 13.2 Å². The number of hydrogen-bond acceptors (Lipinski definition) is 4. The van der Waals surface area contributed by atoms with Gasteiger partial charge < -0.3 is 19.9 Å². The summed E-state index contributed by atoms with van der Waals surface area (Å²) in [6, 6.07) is 4.65. The van der Waals surface area contributed by atoms with Gasteiger partial charge in [-0.25, -0.2) is 4.79 Å². The first-order chi connectivity index (χ1) is 8.44. The smallest absolute Gasteiger partial charge is 0.407 e. The zero-order valence-electron chi connectivity index (χ0n) is 10.7. The molecule has 0 aliphatic carbocycles. The van der Waals surface area contributed by atoms with Gasteiger partial charge >= 0.3 is 6.09 Å². The third-order valence-electron chi connectivity index (χ3n) is 3.16. The van der Waals surface area contributed by atoms with Crippen molar-refractivity contribution < 1.29 is 19.4 Å². The zero-order valence-corrected chi connectivity index (χ0v) is 10.7. The van der Waals surface area contributed by atoms with Crippen LogP contribution in [0.25, 0.3) is 0 Å². The Morgan fingerprint density at radius 3 is 2.89 bits per heavy atom. The van der Waals surface area contributed by atoms with Crippen LogP contribution in [-0.4, -0.2) is 24.9 Å². The fourth-order valence-corrected chi connectivity index (χ4v) is 2.08. The average Bonchev–Trinajstić information content (AvgIpc) is 2.33. The van der Waals surface area contributed by atoms with Crippen LogP contribution in [0.3, 0.4) is 0 Å². The molecule has 1 aromatic rings. The van der Waals surface area contributed by atoms with Gasteiger partial charge in [-0.05, 0) is 18.2 Å². The van der Waals surface area contributed by atoms with Crippen LogP contribution in [0.2, 0.25) is 0 Å². The van der Waals surface area contributed by atoms with Crippen LogP contribution in [0.15, 0.2) is 18.2 Å². The van der Waals surface area contributed by atoms with Crippen LogP contribution in [0.4, 0.5) is 4.79 Å². The highest BCUT2D eigenvalue weighted by Gasteiger charge is 2.39. The molecule has 1 atom stereocenters. The highest BCUT2D eigenvalue weighted by molar-refractivity contribution is 5.69. The molecule has 1 amide bonds. The Morgan fingerprint density at radius 1 is 1.50 bits per heavy atom. The number of nitrogens with one attached hydrogen (secondary N) is 1. The topological polar surface area (TPSA) is 67.8 Å². The second-order valence-electron chi connectivity index (χ2n) is 5.07. The first-order valence-corrected chi connectivity index (χ1v) is 5.74. The number of methoxy groups -OCH3 is 1. The highest BCUT2D eigenvalue weighted by atomic mass is 16.6. The minimum Gasteiger partial charge on any atom is -0.508 e. The number of phenols is 1. The Morgan fingerprint density at radius 2 is 2.22 bits per heavy atom. The normalized spacial score (nSPS) is 21.9. The molecule has 1 saturated heterocycles. The molecule has 0 radical (unpaired) electrons. The van der Waals surface area contributed by atoms with Gasteiger partial charge in [0.1, 0.15) is 18.1 Å². The van der Waals surface area contributed by atoms with Crippen LogP contribution in [-0.2, 0) is 4.74 Å². The number of alkyl carbamates (subject to hydrolysis) is 1. The number of benzene rings is 1. The fourth-order valence-electron chi connectivity index (χ4n) is 2.08. The molecule has 1 fully saturated rings. The van der Waals surface area contributed by atoms with Crippen LogP contribution in [0.5, 0.6) is 11.5 Å². The van der Waals surface area contributed by atoms with Gasteiger partial charge in [-0.3, -0.25) is 0 Å². The molecule has 2 rings (SSSR count). The summed E-state index contributed by atoms with van der Waals surface area (Å²) in [7, 11) is 1.56. The van der Waals surface area contributed by atoms with E-state index < -0.39 is 6.09 Å². The summed E-state index contributed by atoms with van der Waals surface area (Å²) in [6.07, 6.45) is -0.471. The third kappa shape index (κ3) is 2.20. The van der Waals surface area contributed by atoms with E-state index in [1.165, 1.54) is 0 Å². The lowest BCUT2D eigenvalue weighted by atomic mass is 9.80. The van der Waals surface area contributed by atoms with Crippen molar-refractivity contribution in [1.29, 1.82) is 0 Å². The Balaban J connectivity index is 2.42. The van der Waals surface area contributed by atoms with Crippen LogP contribution >= 0.6 is 0 Å². The molecular weight excluding hydrogens is 234 g/mol. The van der Waals surface area contributed by atoms with Crippen LogP contribution in [0, 0.1) is 5.41 Å². The molecule has 1 aromatic carbocycles. The summed E-state index contributed by atoms with van der Waals surface area (Å²) in [4.78, 5) is 11.4. The Bertz CT molecular complexity index is 470. The van der Waals surface area contributed by atoms with Gasteiger partial charge in [-0.2, -0.15) is 0 Å². The van der Waals surface area contributed by atoms with E-state index >= 15 is 0 Å². The minimum atomic E-state index is -0.471. The van der Waals surface area contributed by atoms with E-state index in [2.05, 4.69) is 5.32 Å².